The molecular weight excluding hydrogens is 218 g/mol. The zero-order valence-corrected chi connectivity index (χ0v) is 9.07. The van der Waals surface area contributed by atoms with Crippen LogP contribution in [-0.2, 0) is 11.2 Å². The van der Waals surface area contributed by atoms with Gasteiger partial charge in [0.05, 0.1) is 6.61 Å². The minimum atomic E-state index is -1.83. The quantitative estimate of drug-likeness (QED) is 0.737. The van der Waals surface area contributed by atoms with E-state index in [1.165, 1.54) is 0 Å². The molecule has 15 heavy (non-hydrogen) atoms. The number of benzene rings is 1. The fraction of sp³-hybridized carbons (Fsp3) is 0.333. The highest BCUT2D eigenvalue weighted by atomic mass is 35.5. The van der Waals surface area contributed by atoms with Gasteiger partial charge in [0.15, 0.2) is 0 Å². The Bertz CT molecular complexity index is 319. The van der Waals surface area contributed by atoms with E-state index in [0.717, 1.165) is 5.56 Å². The van der Waals surface area contributed by atoms with Gasteiger partial charge < -0.3 is 19.4 Å². The van der Waals surface area contributed by atoms with Crippen LogP contribution in [0.4, 0.5) is 0 Å². The average molecular weight is 230 g/mol. The largest absolute Gasteiger partial charge is 0.707 e. The molecule has 1 aromatic rings. The molecule has 4 nitrogen and oxygen atoms in total. The van der Waals surface area contributed by atoms with Gasteiger partial charge in [-0.25, -0.2) is 0 Å². The maximum atomic E-state index is 8.69. The highest BCUT2D eigenvalue weighted by Gasteiger charge is 2.14. The fourth-order valence-corrected chi connectivity index (χ4v) is 1.38. The summed E-state index contributed by atoms with van der Waals surface area (Å²) in [5.41, 5.74) is 0.775. The van der Waals surface area contributed by atoms with Gasteiger partial charge in [-0.1, -0.05) is 11.6 Å². The molecule has 0 unspecified atom stereocenters. The lowest BCUT2D eigenvalue weighted by molar-refractivity contribution is 0.201. The number of rotatable bonds is 5. The summed E-state index contributed by atoms with van der Waals surface area (Å²) in [5.74, 6) is 0.395. The van der Waals surface area contributed by atoms with Crippen LogP contribution >= 0.6 is 11.6 Å². The second-order valence-electron chi connectivity index (χ2n) is 2.94. The first-order valence-electron chi connectivity index (χ1n) is 4.43. The van der Waals surface area contributed by atoms with Gasteiger partial charge in [-0.15, -0.1) is 0 Å². The summed E-state index contributed by atoms with van der Waals surface area (Å²) in [5, 5.41) is 18.0. The second kappa shape index (κ2) is 5.97. The molecule has 0 heterocycles. The van der Waals surface area contributed by atoms with E-state index in [0.29, 0.717) is 23.8 Å². The van der Waals surface area contributed by atoms with Crippen molar-refractivity contribution in [2.45, 2.75) is 6.42 Å². The van der Waals surface area contributed by atoms with Crippen molar-refractivity contribution in [3.63, 3.8) is 0 Å². The lowest BCUT2D eigenvalue weighted by atomic mass is 10.1. The summed E-state index contributed by atoms with van der Waals surface area (Å²) in [6.45, 7) is 0.512. The van der Waals surface area contributed by atoms with Crippen LogP contribution < -0.4 is 4.65 Å². The SMILES string of the molecule is COCCc1cc(Cl)ccc1OB(O)O. The lowest BCUT2D eigenvalue weighted by Gasteiger charge is -2.11. The summed E-state index contributed by atoms with van der Waals surface area (Å²) in [6.07, 6.45) is 0.596. The monoisotopic (exact) mass is 230 g/mol. The molecular formula is C9H12BClO4. The molecule has 1 rings (SSSR count). The first-order valence-corrected chi connectivity index (χ1v) is 4.81. The Hall–Kier alpha value is -0.745. The van der Waals surface area contributed by atoms with Crippen molar-refractivity contribution in [1.29, 1.82) is 0 Å². The molecule has 2 N–H and O–H groups in total. The molecule has 0 bridgehead atoms. The number of hydrogen-bond acceptors (Lipinski definition) is 4. The lowest BCUT2D eigenvalue weighted by Crippen LogP contribution is -2.21. The predicted octanol–water partition coefficient (Wildman–Crippen LogP) is 0.877. The van der Waals surface area contributed by atoms with Crippen molar-refractivity contribution in [3.8, 4) is 5.75 Å². The molecule has 6 heteroatoms. The van der Waals surface area contributed by atoms with Crippen LogP contribution in [0, 0.1) is 0 Å². The van der Waals surface area contributed by atoms with Gasteiger partial charge in [0.25, 0.3) is 0 Å². The average Bonchev–Trinajstić information content (AvgIpc) is 2.18. The van der Waals surface area contributed by atoms with E-state index in [4.69, 9.17) is 31.0 Å². The van der Waals surface area contributed by atoms with E-state index in [-0.39, 0.29) is 0 Å². The molecule has 0 fully saturated rings. The predicted molar refractivity (Wildman–Crippen MR) is 57.9 cm³/mol. The normalized spacial score (nSPS) is 10.1. The van der Waals surface area contributed by atoms with Crippen LogP contribution in [0.15, 0.2) is 18.2 Å². The Morgan fingerprint density at radius 2 is 2.13 bits per heavy atom. The highest BCUT2D eigenvalue weighted by Crippen LogP contribution is 2.23. The molecule has 82 valence electrons. The van der Waals surface area contributed by atoms with E-state index in [2.05, 4.69) is 0 Å². The summed E-state index contributed by atoms with van der Waals surface area (Å²) in [4.78, 5) is 0. The minimum absolute atomic E-state index is 0.395. The van der Waals surface area contributed by atoms with Gasteiger partial charge in [-0.3, -0.25) is 0 Å². The number of halogens is 1. The van der Waals surface area contributed by atoms with Crippen LogP contribution in [0.1, 0.15) is 5.56 Å². The van der Waals surface area contributed by atoms with Gasteiger partial charge in [0, 0.05) is 12.1 Å². The third-order valence-corrected chi connectivity index (χ3v) is 2.07. The van der Waals surface area contributed by atoms with Gasteiger partial charge in [-0.05, 0) is 30.2 Å². The molecule has 0 radical (unpaired) electrons. The smallest absolute Gasteiger partial charge is 0.512 e. The standard InChI is InChI=1S/C9H12BClO4/c1-14-5-4-7-6-8(11)2-3-9(7)15-10(12)13/h2-3,6,12-13H,4-5H2,1H3. The van der Waals surface area contributed by atoms with Crippen molar-refractivity contribution < 1.29 is 19.4 Å². The van der Waals surface area contributed by atoms with Crippen molar-refractivity contribution in [2.75, 3.05) is 13.7 Å². The Labute approximate surface area is 93.6 Å². The summed E-state index contributed by atoms with van der Waals surface area (Å²) >= 11 is 5.81. The maximum absolute atomic E-state index is 8.69. The Morgan fingerprint density at radius 3 is 2.73 bits per heavy atom. The Morgan fingerprint density at radius 1 is 1.40 bits per heavy atom. The van der Waals surface area contributed by atoms with E-state index < -0.39 is 7.32 Å². The van der Waals surface area contributed by atoms with Crippen molar-refractivity contribution in [3.05, 3.63) is 28.8 Å². The molecule has 0 saturated heterocycles. The number of hydrogen-bond donors (Lipinski definition) is 2. The molecule has 0 aliphatic rings. The molecule has 0 amide bonds. The molecule has 0 aromatic heterocycles. The molecule has 0 aliphatic heterocycles. The van der Waals surface area contributed by atoms with Gasteiger partial charge >= 0.3 is 7.32 Å². The molecule has 0 saturated carbocycles. The van der Waals surface area contributed by atoms with Crippen LogP contribution in [0.25, 0.3) is 0 Å². The third kappa shape index (κ3) is 4.09. The van der Waals surface area contributed by atoms with Gasteiger partial charge in [-0.2, -0.15) is 0 Å². The van der Waals surface area contributed by atoms with E-state index in [9.17, 15) is 0 Å². The Kier molecular flexibility index (Phi) is 4.91. The van der Waals surface area contributed by atoms with Gasteiger partial charge in [0.1, 0.15) is 5.75 Å². The molecule has 0 spiro atoms. The fourth-order valence-electron chi connectivity index (χ4n) is 1.18. The van der Waals surface area contributed by atoms with E-state index in [1.54, 1.807) is 25.3 Å². The van der Waals surface area contributed by atoms with Crippen molar-refractivity contribution >= 4 is 18.9 Å². The van der Waals surface area contributed by atoms with Crippen LogP contribution in [0.5, 0.6) is 5.75 Å². The zero-order valence-electron chi connectivity index (χ0n) is 8.31. The highest BCUT2D eigenvalue weighted by molar-refractivity contribution is 6.34. The minimum Gasteiger partial charge on any atom is -0.512 e. The summed E-state index contributed by atoms with van der Waals surface area (Å²) in [6, 6.07) is 4.92. The maximum Gasteiger partial charge on any atom is 0.707 e. The van der Waals surface area contributed by atoms with Crippen LogP contribution in [-0.4, -0.2) is 31.1 Å². The Balaban J connectivity index is 2.82. The second-order valence-corrected chi connectivity index (χ2v) is 3.38. The summed E-state index contributed by atoms with van der Waals surface area (Å²) in [7, 11) is -0.237. The van der Waals surface area contributed by atoms with Crippen molar-refractivity contribution in [2.24, 2.45) is 0 Å². The first kappa shape index (κ1) is 12.3. The molecule has 1 aromatic carbocycles. The first-order chi connectivity index (χ1) is 7.13. The third-order valence-electron chi connectivity index (χ3n) is 1.83. The zero-order chi connectivity index (χ0) is 11.3. The van der Waals surface area contributed by atoms with Crippen LogP contribution in [0.3, 0.4) is 0 Å². The van der Waals surface area contributed by atoms with Gasteiger partial charge in [0.2, 0.25) is 0 Å². The van der Waals surface area contributed by atoms with E-state index >= 15 is 0 Å². The summed E-state index contributed by atoms with van der Waals surface area (Å²) < 4.78 is 9.72. The number of methoxy groups -OCH3 is 1. The molecule has 0 aliphatic carbocycles. The van der Waals surface area contributed by atoms with E-state index in [1.807, 2.05) is 0 Å². The number of ether oxygens (including phenoxy) is 1. The molecule has 0 atom stereocenters. The van der Waals surface area contributed by atoms with Crippen LogP contribution in [0.2, 0.25) is 5.02 Å². The topological polar surface area (TPSA) is 58.9 Å². The van der Waals surface area contributed by atoms with Crippen molar-refractivity contribution in [1.82, 2.24) is 0 Å².